The molecule has 1 N–H and O–H groups in total. The van der Waals surface area contributed by atoms with Crippen molar-refractivity contribution in [2.45, 2.75) is 12.5 Å². The molecule has 0 saturated carbocycles. The summed E-state index contributed by atoms with van der Waals surface area (Å²) in [5, 5.41) is 3.93. The number of para-hydroxylation sites is 1. The van der Waals surface area contributed by atoms with Gasteiger partial charge >= 0.3 is 5.97 Å². The Kier molecular flexibility index (Phi) is 4.34. The summed E-state index contributed by atoms with van der Waals surface area (Å²) in [6, 6.07) is 17.3. The quantitative estimate of drug-likeness (QED) is 0.733. The molecule has 0 aliphatic carbocycles. The number of aromatic nitrogens is 1. The molecule has 112 valence electrons. The summed E-state index contributed by atoms with van der Waals surface area (Å²) in [4.78, 5) is 16.5. The minimum atomic E-state index is -0.451. The van der Waals surface area contributed by atoms with Crippen molar-refractivity contribution in [2.24, 2.45) is 0 Å². The van der Waals surface area contributed by atoms with Crippen LogP contribution in [0.3, 0.4) is 0 Å². The fourth-order valence-electron chi connectivity index (χ4n) is 2.27. The third-order valence-electron chi connectivity index (χ3n) is 3.36. The van der Waals surface area contributed by atoms with Crippen LogP contribution >= 0.6 is 11.3 Å². The van der Waals surface area contributed by atoms with E-state index in [1.807, 2.05) is 54.6 Å². The average Bonchev–Trinajstić information content (AvgIpc) is 2.97. The summed E-state index contributed by atoms with van der Waals surface area (Å²) in [6.45, 7) is 0. The first-order valence-electron chi connectivity index (χ1n) is 7.00. The summed E-state index contributed by atoms with van der Waals surface area (Å²) in [5.74, 6) is -0.289. The number of nitrogens with one attached hydrogen (secondary N) is 1. The van der Waals surface area contributed by atoms with Gasteiger partial charge < -0.3 is 10.1 Å². The number of hydrogen-bond donors (Lipinski definition) is 1. The second-order valence-corrected chi connectivity index (χ2v) is 5.93. The molecule has 0 amide bonds. The van der Waals surface area contributed by atoms with Crippen molar-refractivity contribution in [1.82, 2.24) is 4.98 Å². The molecule has 0 saturated heterocycles. The largest absolute Gasteiger partial charge is 0.467 e. The molecule has 22 heavy (non-hydrogen) atoms. The molecule has 5 heteroatoms. The summed E-state index contributed by atoms with van der Waals surface area (Å²) < 4.78 is 6.00. The topological polar surface area (TPSA) is 51.2 Å². The van der Waals surface area contributed by atoms with Gasteiger partial charge in [0.25, 0.3) is 0 Å². The number of anilines is 1. The van der Waals surface area contributed by atoms with Crippen LogP contribution in [0.4, 0.5) is 5.13 Å². The molecule has 3 rings (SSSR count). The van der Waals surface area contributed by atoms with Crippen LogP contribution in [-0.2, 0) is 16.0 Å². The Morgan fingerprint density at radius 2 is 1.91 bits per heavy atom. The molecule has 0 radical (unpaired) electrons. The molecule has 0 bridgehead atoms. The van der Waals surface area contributed by atoms with Gasteiger partial charge in [-0.2, -0.15) is 0 Å². The van der Waals surface area contributed by atoms with E-state index in [0.29, 0.717) is 6.42 Å². The van der Waals surface area contributed by atoms with Crippen LogP contribution in [0.25, 0.3) is 10.2 Å². The Morgan fingerprint density at radius 1 is 1.18 bits per heavy atom. The minimum absolute atomic E-state index is 0.289. The fraction of sp³-hybridized carbons (Fsp3) is 0.176. The maximum atomic E-state index is 12.0. The van der Waals surface area contributed by atoms with Crippen LogP contribution < -0.4 is 5.32 Å². The van der Waals surface area contributed by atoms with Crippen molar-refractivity contribution in [1.29, 1.82) is 0 Å². The number of ether oxygens (including phenoxy) is 1. The highest BCUT2D eigenvalue weighted by molar-refractivity contribution is 7.22. The van der Waals surface area contributed by atoms with E-state index in [1.165, 1.54) is 18.4 Å². The van der Waals surface area contributed by atoms with Gasteiger partial charge in [0, 0.05) is 6.42 Å². The molecule has 3 aromatic rings. The zero-order valence-electron chi connectivity index (χ0n) is 12.2. The maximum Gasteiger partial charge on any atom is 0.328 e. The van der Waals surface area contributed by atoms with Gasteiger partial charge in [-0.05, 0) is 17.7 Å². The Morgan fingerprint density at radius 3 is 2.64 bits per heavy atom. The molecule has 0 unspecified atom stereocenters. The third-order valence-corrected chi connectivity index (χ3v) is 4.33. The molecule has 1 heterocycles. The van der Waals surface area contributed by atoms with E-state index >= 15 is 0 Å². The lowest BCUT2D eigenvalue weighted by Crippen LogP contribution is -2.32. The number of carbonyl (C=O) groups excluding carboxylic acids is 1. The number of rotatable bonds is 5. The van der Waals surface area contributed by atoms with Gasteiger partial charge in [0.05, 0.1) is 17.3 Å². The number of benzene rings is 2. The highest BCUT2D eigenvalue weighted by Gasteiger charge is 2.21. The van der Waals surface area contributed by atoms with E-state index in [1.54, 1.807) is 0 Å². The molecule has 4 nitrogen and oxygen atoms in total. The maximum absolute atomic E-state index is 12.0. The van der Waals surface area contributed by atoms with Gasteiger partial charge in [0.15, 0.2) is 5.13 Å². The van der Waals surface area contributed by atoms with Crippen molar-refractivity contribution in [2.75, 3.05) is 12.4 Å². The van der Waals surface area contributed by atoms with Gasteiger partial charge in [-0.25, -0.2) is 9.78 Å². The summed E-state index contributed by atoms with van der Waals surface area (Å²) >= 11 is 1.53. The Labute approximate surface area is 132 Å². The molecule has 0 spiro atoms. The highest BCUT2D eigenvalue weighted by atomic mass is 32.1. The number of methoxy groups -OCH3 is 1. The Bertz CT molecular complexity index is 737. The van der Waals surface area contributed by atoms with Crippen molar-refractivity contribution in [3.8, 4) is 0 Å². The van der Waals surface area contributed by atoms with Crippen LogP contribution in [0.15, 0.2) is 54.6 Å². The Hall–Kier alpha value is -2.40. The summed E-state index contributed by atoms with van der Waals surface area (Å²) in [6.07, 6.45) is 0.559. The number of esters is 1. The van der Waals surface area contributed by atoms with E-state index in [2.05, 4.69) is 10.3 Å². The van der Waals surface area contributed by atoms with Crippen LogP contribution in [0.5, 0.6) is 0 Å². The molecular formula is C17H16N2O2S. The van der Waals surface area contributed by atoms with Crippen molar-refractivity contribution in [3.05, 3.63) is 60.2 Å². The van der Waals surface area contributed by atoms with E-state index in [4.69, 9.17) is 4.74 Å². The first-order valence-corrected chi connectivity index (χ1v) is 7.82. The molecule has 1 atom stereocenters. The van der Waals surface area contributed by atoms with E-state index in [9.17, 15) is 4.79 Å². The zero-order chi connectivity index (χ0) is 15.4. The van der Waals surface area contributed by atoms with E-state index in [-0.39, 0.29) is 5.97 Å². The van der Waals surface area contributed by atoms with Crippen molar-refractivity contribution >= 4 is 32.7 Å². The first kappa shape index (κ1) is 14.5. The standard InChI is InChI=1S/C17H16N2O2S/c1-21-16(20)14(11-12-7-3-2-4-8-12)19-17-18-13-9-5-6-10-15(13)22-17/h2-10,14H,11H2,1H3,(H,18,19)/t14-/m0/s1. The van der Waals surface area contributed by atoms with Crippen LogP contribution in [0, 0.1) is 0 Å². The molecule has 2 aromatic carbocycles. The van der Waals surface area contributed by atoms with E-state index < -0.39 is 6.04 Å². The number of thiazole rings is 1. The highest BCUT2D eigenvalue weighted by Crippen LogP contribution is 2.26. The van der Waals surface area contributed by atoms with Crippen molar-refractivity contribution in [3.63, 3.8) is 0 Å². The fourth-order valence-corrected chi connectivity index (χ4v) is 3.19. The van der Waals surface area contributed by atoms with E-state index in [0.717, 1.165) is 20.9 Å². The minimum Gasteiger partial charge on any atom is -0.467 e. The predicted molar refractivity (Wildman–Crippen MR) is 89.2 cm³/mol. The molecule has 0 aliphatic heterocycles. The predicted octanol–water partition coefficient (Wildman–Crippen LogP) is 3.49. The molecule has 0 aliphatic rings. The zero-order valence-corrected chi connectivity index (χ0v) is 13.0. The molecular weight excluding hydrogens is 296 g/mol. The monoisotopic (exact) mass is 312 g/mol. The van der Waals surface area contributed by atoms with Crippen LogP contribution in [-0.4, -0.2) is 24.1 Å². The number of nitrogens with zero attached hydrogens (tertiary/aromatic N) is 1. The smallest absolute Gasteiger partial charge is 0.328 e. The van der Waals surface area contributed by atoms with Gasteiger partial charge in [0.2, 0.25) is 0 Å². The van der Waals surface area contributed by atoms with Gasteiger partial charge in [0.1, 0.15) is 6.04 Å². The lowest BCUT2D eigenvalue weighted by molar-refractivity contribution is -0.141. The number of hydrogen-bond acceptors (Lipinski definition) is 5. The lowest BCUT2D eigenvalue weighted by atomic mass is 10.1. The first-order chi connectivity index (χ1) is 10.8. The average molecular weight is 312 g/mol. The van der Waals surface area contributed by atoms with Crippen LogP contribution in [0.2, 0.25) is 0 Å². The normalized spacial score (nSPS) is 12.0. The third kappa shape index (κ3) is 3.26. The SMILES string of the molecule is COC(=O)[C@H](Cc1ccccc1)Nc1nc2ccccc2s1. The van der Waals surface area contributed by atoms with Gasteiger partial charge in [-0.1, -0.05) is 53.8 Å². The van der Waals surface area contributed by atoms with Gasteiger partial charge in [-0.15, -0.1) is 0 Å². The Balaban J connectivity index is 1.81. The van der Waals surface area contributed by atoms with Crippen LogP contribution in [0.1, 0.15) is 5.56 Å². The van der Waals surface area contributed by atoms with Crippen molar-refractivity contribution < 1.29 is 9.53 Å². The summed E-state index contributed by atoms with van der Waals surface area (Å²) in [7, 11) is 1.40. The lowest BCUT2D eigenvalue weighted by Gasteiger charge is -2.15. The number of fused-ring (bicyclic) bond motifs is 1. The second-order valence-electron chi connectivity index (χ2n) is 4.90. The molecule has 0 fully saturated rings. The number of carbonyl (C=O) groups is 1. The second kappa shape index (κ2) is 6.58. The summed E-state index contributed by atoms with van der Waals surface area (Å²) in [5.41, 5.74) is 2.00. The molecule has 1 aromatic heterocycles. The van der Waals surface area contributed by atoms with Gasteiger partial charge in [-0.3, -0.25) is 0 Å².